The van der Waals surface area contributed by atoms with Crippen molar-refractivity contribution in [3.8, 4) is 5.75 Å². The molecule has 1 aromatic rings. The molecule has 5 nitrogen and oxygen atoms in total. The van der Waals surface area contributed by atoms with E-state index < -0.39 is 0 Å². The molecule has 0 saturated carbocycles. The lowest BCUT2D eigenvalue weighted by Crippen LogP contribution is -2.41. The first kappa shape index (κ1) is 17.0. The van der Waals surface area contributed by atoms with Crippen LogP contribution in [0.2, 0.25) is 0 Å². The van der Waals surface area contributed by atoms with Crippen molar-refractivity contribution in [2.45, 2.75) is 27.7 Å². The molecular weight excluding hydrogens is 268 g/mol. The molecule has 0 bridgehead atoms. The van der Waals surface area contributed by atoms with Gasteiger partial charge in [-0.2, -0.15) is 0 Å². The summed E-state index contributed by atoms with van der Waals surface area (Å²) in [5.74, 6) is 0.571. The third-order valence-electron chi connectivity index (χ3n) is 3.01. The smallest absolute Gasteiger partial charge is 0.240 e. The van der Waals surface area contributed by atoms with Crippen molar-refractivity contribution >= 4 is 17.5 Å². The van der Waals surface area contributed by atoms with Gasteiger partial charge in [0.05, 0.1) is 12.8 Å². The van der Waals surface area contributed by atoms with Crippen LogP contribution in [0.3, 0.4) is 0 Å². The molecule has 2 amide bonds. The van der Waals surface area contributed by atoms with Gasteiger partial charge in [-0.25, -0.2) is 0 Å². The van der Waals surface area contributed by atoms with E-state index in [2.05, 4.69) is 5.32 Å². The summed E-state index contributed by atoms with van der Waals surface area (Å²) >= 11 is 0. The molecule has 1 rings (SSSR count). The van der Waals surface area contributed by atoms with Crippen molar-refractivity contribution < 1.29 is 14.3 Å². The quantitative estimate of drug-likeness (QED) is 0.874. The number of carbonyl (C=O) groups excluding carboxylic acids is 2. The van der Waals surface area contributed by atoms with E-state index >= 15 is 0 Å². The summed E-state index contributed by atoms with van der Waals surface area (Å²) in [5.41, 5.74) is 1.62. The van der Waals surface area contributed by atoms with Crippen LogP contribution < -0.4 is 15.0 Å². The number of nitrogens with zero attached hydrogens (tertiary/aromatic N) is 1. The molecule has 1 N–H and O–H groups in total. The van der Waals surface area contributed by atoms with Gasteiger partial charge in [-0.15, -0.1) is 0 Å². The number of methoxy groups -OCH3 is 1. The van der Waals surface area contributed by atoms with Crippen molar-refractivity contribution in [1.29, 1.82) is 0 Å². The van der Waals surface area contributed by atoms with Gasteiger partial charge in [-0.1, -0.05) is 19.9 Å². The normalized spacial score (nSPS) is 10.4. The van der Waals surface area contributed by atoms with Crippen LogP contribution in [0.25, 0.3) is 0 Å². The Morgan fingerprint density at radius 2 is 2.00 bits per heavy atom. The van der Waals surface area contributed by atoms with Crippen LogP contribution in [-0.4, -0.2) is 32.0 Å². The van der Waals surface area contributed by atoms with E-state index in [-0.39, 0.29) is 18.4 Å². The van der Waals surface area contributed by atoms with E-state index in [9.17, 15) is 9.59 Å². The van der Waals surface area contributed by atoms with Gasteiger partial charge in [-0.3, -0.25) is 14.5 Å². The van der Waals surface area contributed by atoms with E-state index in [1.54, 1.807) is 13.2 Å². The monoisotopic (exact) mass is 292 g/mol. The lowest BCUT2D eigenvalue weighted by molar-refractivity contribution is -0.123. The topological polar surface area (TPSA) is 58.6 Å². The molecule has 5 heteroatoms. The molecule has 0 unspecified atom stereocenters. The highest BCUT2D eigenvalue weighted by molar-refractivity contribution is 5.98. The molecule has 116 valence electrons. The van der Waals surface area contributed by atoms with Crippen LogP contribution in [0.5, 0.6) is 5.75 Å². The van der Waals surface area contributed by atoms with Gasteiger partial charge < -0.3 is 10.1 Å². The largest absolute Gasteiger partial charge is 0.495 e. The summed E-state index contributed by atoms with van der Waals surface area (Å²) in [4.78, 5) is 25.3. The second kappa shape index (κ2) is 7.67. The van der Waals surface area contributed by atoms with Gasteiger partial charge in [0, 0.05) is 13.5 Å². The molecule has 0 aliphatic rings. The van der Waals surface area contributed by atoms with Crippen LogP contribution >= 0.6 is 0 Å². The first-order valence-corrected chi connectivity index (χ1v) is 7.04. The Hall–Kier alpha value is -2.04. The summed E-state index contributed by atoms with van der Waals surface area (Å²) in [7, 11) is 1.55. The maximum absolute atomic E-state index is 12.0. The zero-order valence-electron chi connectivity index (χ0n) is 13.4. The molecule has 0 heterocycles. The second-order valence-corrected chi connectivity index (χ2v) is 5.48. The average Bonchev–Trinajstić information content (AvgIpc) is 2.42. The maximum Gasteiger partial charge on any atom is 0.240 e. The van der Waals surface area contributed by atoms with Crippen molar-refractivity contribution in [2.75, 3.05) is 25.1 Å². The molecule has 0 radical (unpaired) electrons. The van der Waals surface area contributed by atoms with Gasteiger partial charge in [0.25, 0.3) is 0 Å². The SMILES string of the molecule is COc1ccc(C)cc1N(CC(=O)NCC(C)C)C(C)=O. The molecular formula is C16H24N2O3. The minimum absolute atomic E-state index is 0.0120. The van der Waals surface area contributed by atoms with Crippen LogP contribution in [-0.2, 0) is 9.59 Å². The Balaban J connectivity index is 2.94. The van der Waals surface area contributed by atoms with Crippen LogP contribution in [0.1, 0.15) is 26.3 Å². The predicted octanol–water partition coefficient (Wildman–Crippen LogP) is 2.13. The molecule has 0 aliphatic carbocycles. The van der Waals surface area contributed by atoms with Crippen molar-refractivity contribution in [1.82, 2.24) is 5.32 Å². The summed E-state index contributed by atoms with van der Waals surface area (Å²) in [6.45, 7) is 7.99. The van der Waals surface area contributed by atoms with E-state index in [0.717, 1.165) is 5.56 Å². The van der Waals surface area contributed by atoms with Gasteiger partial charge in [0.2, 0.25) is 11.8 Å². The second-order valence-electron chi connectivity index (χ2n) is 5.48. The van der Waals surface area contributed by atoms with Crippen LogP contribution in [0.4, 0.5) is 5.69 Å². The zero-order valence-corrected chi connectivity index (χ0v) is 13.4. The summed E-state index contributed by atoms with van der Waals surface area (Å²) in [6, 6.07) is 5.54. The molecule has 1 aromatic carbocycles. The predicted molar refractivity (Wildman–Crippen MR) is 83.6 cm³/mol. The molecule has 0 fully saturated rings. The average molecular weight is 292 g/mol. The summed E-state index contributed by atoms with van der Waals surface area (Å²) in [5, 5.41) is 2.82. The lowest BCUT2D eigenvalue weighted by Gasteiger charge is -2.23. The third kappa shape index (κ3) is 5.10. The number of ether oxygens (including phenoxy) is 1. The summed E-state index contributed by atoms with van der Waals surface area (Å²) < 4.78 is 5.29. The molecule has 0 spiro atoms. The van der Waals surface area contributed by atoms with E-state index in [0.29, 0.717) is 23.9 Å². The fraction of sp³-hybridized carbons (Fsp3) is 0.500. The number of carbonyl (C=O) groups is 2. The Kier molecular flexibility index (Phi) is 6.21. The maximum atomic E-state index is 12.0. The highest BCUT2D eigenvalue weighted by atomic mass is 16.5. The molecule has 0 aromatic heterocycles. The van der Waals surface area contributed by atoms with Crippen molar-refractivity contribution in [3.63, 3.8) is 0 Å². The third-order valence-corrected chi connectivity index (χ3v) is 3.01. The fourth-order valence-electron chi connectivity index (χ4n) is 1.89. The van der Waals surface area contributed by atoms with Gasteiger partial charge in [0.15, 0.2) is 0 Å². The fourth-order valence-corrected chi connectivity index (χ4v) is 1.89. The van der Waals surface area contributed by atoms with Crippen LogP contribution in [0.15, 0.2) is 18.2 Å². The lowest BCUT2D eigenvalue weighted by atomic mass is 10.2. The number of amides is 2. The Labute approximate surface area is 126 Å². The molecule has 0 saturated heterocycles. The van der Waals surface area contributed by atoms with Gasteiger partial charge >= 0.3 is 0 Å². The number of hydrogen-bond donors (Lipinski definition) is 1. The highest BCUT2D eigenvalue weighted by Crippen LogP contribution is 2.29. The first-order chi connectivity index (χ1) is 9.85. The summed E-state index contributed by atoms with van der Waals surface area (Å²) in [6.07, 6.45) is 0. The van der Waals surface area contributed by atoms with Crippen molar-refractivity contribution in [2.24, 2.45) is 5.92 Å². The minimum atomic E-state index is -0.196. The molecule has 0 atom stereocenters. The van der Waals surface area contributed by atoms with Gasteiger partial charge in [0.1, 0.15) is 12.3 Å². The molecule has 21 heavy (non-hydrogen) atoms. The van der Waals surface area contributed by atoms with Gasteiger partial charge in [-0.05, 0) is 30.5 Å². The zero-order chi connectivity index (χ0) is 16.0. The van der Waals surface area contributed by atoms with E-state index in [1.807, 2.05) is 32.9 Å². The number of benzene rings is 1. The number of hydrogen-bond acceptors (Lipinski definition) is 3. The first-order valence-electron chi connectivity index (χ1n) is 7.04. The van der Waals surface area contributed by atoms with E-state index in [4.69, 9.17) is 4.74 Å². The Bertz CT molecular complexity index is 512. The standard InChI is InChI=1S/C16H24N2O3/c1-11(2)9-17-16(20)10-18(13(4)19)14-8-12(3)6-7-15(14)21-5/h6-8,11H,9-10H2,1-5H3,(H,17,20). The Morgan fingerprint density at radius 3 is 2.52 bits per heavy atom. The number of anilines is 1. The number of rotatable bonds is 6. The Morgan fingerprint density at radius 1 is 1.33 bits per heavy atom. The van der Waals surface area contributed by atoms with E-state index in [1.165, 1.54) is 11.8 Å². The number of aryl methyl sites for hydroxylation is 1. The van der Waals surface area contributed by atoms with Crippen LogP contribution in [0, 0.1) is 12.8 Å². The van der Waals surface area contributed by atoms with Crippen molar-refractivity contribution in [3.05, 3.63) is 23.8 Å². The number of nitrogens with one attached hydrogen (secondary N) is 1. The minimum Gasteiger partial charge on any atom is -0.495 e. The highest BCUT2D eigenvalue weighted by Gasteiger charge is 2.19. The molecule has 0 aliphatic heterocycles.